The number of ether oxygens (including phenoxy) is 1. The van der Waals surface area contributed by atoms with Gasteiger partial charge in [0, 0.05) is 28.8 Å². The van der Waals surface area contributed by atoms with E-state index in [0.717, 1.165) is 24.2 Å². The monoisotopic (exact) mass is 394 g/mol. The van der Waals surface area contributed by atoms with Crippen molar-refractivity contribution in [3.8, 4) is 5.75 Å². The minimum Gasteiger partial charge on any atom is -0.490 e. The summed E-state index contributed by atoms with van der Waals surface area (Å²) in [6.45, 7) is 5.94. The SMILES string of the molecule is CC(C)(C)C(=O)Nc1cccc(C(=O)NCc2ccccc2OC2CCCC2)c1. The summed E-state index contributed by atoms with van der Waals surface area (Å²) < 4.78 is 6.14. The van der Waals surface area contributed by atoms with Gasteiger partial charge in [-0.15, -0.1) is 0 Å². The molecule has 1 aliphatic rings. The summed E-state index contributed by atoms with van der Waals surface area (Å²) in [5.41, 5.74) is 1.58. The average Bonchev–Trinajstić information content (AvgIpc) is 3.19. The maximum Gasteiger partial charge on any atom is 0.251 e. The number of amides is 2. The van der Waals surface area contributed by atoms with Crippen molar-refractivity contribution in [2.24, 2.45) is 5.41 Å². The molecule has 1 saturated carbocycles. The van der Waals surface area contributed by atoms with Crippen LogP contribution in [0.25, 0.3) is 0 Å². The molecule has 1 aliphatic carbocycles. The first-order valence-corrected chi connectivity index (χ1v) is 10.3. The Bertz CT molecular complexity index is 864. The molecule has 29 heavy (non-hydrogen) atoms. The van der Waals surface area contributed by atoms with Crippen LogP contribution in [0.5, 0.6) is 5.75 Å². The molecule has 0 radical (unpaired) electrons. The first-order chi connectivity index (χ1) is 13.8. The quantitative estimate of drug-likeness (QED) is 0.730. The molecule has 2 N–H and O–H groups in total. The highest BCUT2D eigenvalue weighted by Gasteiger charge is 2.21. The van der Waals surface area contributed by atoms with E-state index in [2.05, 4.69) is 10.6 Å². The Morgan fingerprint density at radius 1 is 1.03 bits per heavy atom. The number of hydrogen-bond acceptors (Lipinski definition) is 3. The summed E-state index contributed by atoms with van der Waals surface area (Å²) in [5.74, 6) is 0.562. The lowest BCUT2D eigenvalue weighted by atomic mass is 9.95. The van der Waals surface area contributed by atoms with Gasteiger partial charge in [-0.3, -0.25) is 9.59 Å². The Morgan fingerprint density at radius 2 is 1.76 bits per heavy atom. The van der Waals surface area contributed by atoms with Crippen LogP contribution in [0.2, 0.25) is 0 Å². The second-order valence-electron chi connectivity index (χ2n) is 8.60. The summed E-state index contributed by atoms with van der Waals surface area (Å²) in [6.07, 6.45) is 4.88. The van der Waals surface area contributed by atoms with Crippen molar-refractivity contribution < 1.29 is 14.3 Å². The van der Waals surface area contributed by atoms with E-state index in [4.69, 9.17) is 4.74 Å². The van der Waals surface area contributed by atoms with Crippen LogP contribution in [0.1, 0.15) is 62.4 Å². The lowest BCUT2D eigenvalue weighted by Gasteiger charge is -2.18. The summed E-state index contributed by atoms with van der Waals surface area (Å²) in [4.78, 5) is 24.8. The standard InChI is InChI=1S/C24H30N2O3/c1-24(2,3)23(28)26-19-11-8-10-17(15-19)22(27)25-16-18-9-4-7-14-21(18)29-20-12-5-6-13-20/h4,7-11,14-15,20H,5-6,12-13,16H2,1-3H3,(H,25,27)(H,26,28). The zero-order valence-corrected chi connectivity index (χ0v) is 17.5. The van der Waals surface area contributed by atoms with E-state index in [1.54, 1.807) is 24.3 Å². The highest BCUT2D eigenvalue weighted by atomic mass is 16.5. The molecular formula is C24H30N2O3. The van der Waals surface area contributed by atoms with Crippen LogP contribution < -0.4 is 15.4 Å². The maximum atomic E-state index is 12.6. The molecule has 1 fully saturated rings. The van der Waals surface area contributed by atoms with Crippen molar-refractivity contribution in [1.82, 2.24) is 5.32 Å². The summed E-state index contributed by atoms with van der Waals surface area (Å²) in [5, 5.41) is 5.82. The molecule has 0 aromatic heterocycles. The molecule has 2 amide bonds. The van der Waals surface area contributed by atoms with Crippen LogP contribution >= 0.6 is 0 Å². The van der Waals surface area contributed by atoms with Crippen molar-refractivity contribution in [2.75, 3.05) is 5.32 Å². The van der Waals surface area contributed by atoms with E-state index in [9.17, 15) is 9.59 Å². The van der Waals surface area contributed by atoms with Gasteiger partial charge in [0.25, 0.3) is 5.91 Å². The minimum atomic E-state index is -0.499. The third-order valence-electron chi connectivity index (χ3n) is 5.07. The van der Waals surface area contributed by atoms with Gasteiger partial charge >= 0.3 is 0 Å². The molecule has 0 bridgehead atoms. The lowest BCUT2D eigenvalue weighted by Crippen LogP contribution is -2.28. The molecule has 5 nitrogen and oxygen atoms in total. The Hall–Kier alpha value is -2.82. The van der Waals surface area contributed by atoms with Crippen molar-refractivity contribution in [3.05, 3.63) is 59.7 Å². The zero-order chi connectivity index (χ0) is 20.9. The van der Waals surface area contributed by atoms with E-state index in [1.807, 2.05) is 45.0 Å². The lowest BCUT2D eigenvalue weighted by molar-refractivity contribution is -0.123. The van der Waals surface area contributed by atoms with Gasteiger partial charge in [0.1, 0.15) is 5.75 Å². The molecule has 0 saturated heterocycles. The van der Waals surface area contributed by atoms with Gasteiger partial charge in [0.15, 0.2) is 0 Å². The minimum absolute atomic E-state index is 0.0898. The van der Waals surface area contributed by atoms with Gasteiger partial charge in [-0.25, -0.2) is 0 Å². The predicted octanol–water partition coefficient (Wildman–Crippen LogP) is 4.92. The molecule has 2 aromatic carbocycles. The van der Waals surface area contributed by atoms with Gasteiger partial charge in [0.05, 0.1) is 6.10 Å². The van der Waals surface area contributed by atoms with Crippen LogP contribution in [0.4, 0.5) is 5.69 Å². The number of anilines is 1. The van der Waals surface area contributed by atoms with Crippen molar-refractivity contribution in [1.29, 1.82) is 0 Å². The van der Waals surface area contributed by atoms with Gasteiger partial charge in [-0.2, -0.15) is 0 Å². The van der Waals surface area contributed by atoms with Crippen LogP contribution in [0, 0.1) is 5.41 Å². The van der Waals surface area contributed by atoms with Gasteiger partial charge in [0.2, 0.25) is 5.91 Å². The third-order valence-corrected chi connectivity index (χ3v) is 5.07. The highest BCUT2D eigenvalue weighted by Crippen LogP contribution is 2.26. The molecule has 0 heterocycles. The van der Waals surface area contributed by atoms with Gasteiger partial charge < -0.3 is 15.4 Å². The number of hydrogen-bond donors (Lipinski definition) is 2. The van der Waals surface area contributed by atoms with Gasteiger partial charge in [-0.05, 0) is 49.9 Å². The van der Waals surface area contributed by atoms with Crippen LogP contribution in [0.15, 0.2) is 48.5 Å². The molecule has 5 heteroatoms. The number of rotatable bonds is 6. The maximum absolute atomic E-state index is 12.6. The van der Waals surface area contributed by atoms with Gasteiger partial charge in [-0.1, -0.05) is 45.0 Å². The molecule has 0 spiro atoms. The number of para-hydroxylation sites is 1. The molecule has 0 atom stereocenters. The van der Waals surface area contributed by atoms with Crippen molar-refractivity contribution in [2.45, 2.75) is 59.1 Å². The Labute approximate surface area is 172 Å². The number of carbonyl (C=O) groups is 2. The highest BCUT2D eigenvalue weighted by molar-refractivity contribution is 5.98. The molecule has 0 aliphatic heterocycles. The first-order valence-electron chi connectivity index (χ1n) is 10.3. The molecule has 3 rings (SSSR count). The number of carbonyl (C=O) groups excluding carboxylic acids is 2. The smallest absolute Gasteiger partial charge is 0.251 e. The number of benzene rings is 2. The van der Waals surface area contributed by atoms with Crippen molar-refractivity contribution in [3.63, 3.8) is 0 Å². The topological polar surface area (TPSA) is 67.4 Å². The molecular weight excluding hydrogens is 364 g/mol. The van der Waals surface area contributed by atoms with E-state index >= 15 is 0 Å². The Kier molecular flexibility index (Phi) is 6.57. The van der Waals surface area contributed by atoms with Crippen LogP contribution in [-0.4, -0.2) is 17.9 Å². The fourth-order valence-electron chi connectivity index (χ4n) is 3.28. The first kappa shape index (κ1) is 20.9. The van der Waals surface area contributed by atoms with E-state index in [1.165, 1.54) is 12.8 Å². The molecule has 2 aromatic rings. The van der Waals surface area contributed by atoms with E-state index in [-0.39, 0.29) is 17.9 Å². The Balaban J connectivity index is 1.63. The summed E-state index contributed by atoms with van der Waals surface area (Å²) >= 11 is 0. The summed E-state index contributed by atoms with van der Waals surface area (Å²) in [6, 6.07) is 14.8. The van der Waals surface area contributed by atoms with Crippen LogP contribution in [-0.2, 0) is 11.3 Å². The Morgan fingerprint density at radius 3 is 2.48 bits per heavy atom. The summed E-state index contributed by atoms with van der Waals surface area (Å²) in [7, 11) is 0. The van der Waals surface area contributed by atoms with E-state index in [0.29, 0.717) is 17.8 Å². The molecule has 0 unspecified atom stereocenters. The normalized spacial score (nSPS) is 14.4. The second kappa shape index (κ2) is 9.12. The second-order valence-corrected chi connectivity index (χ2v) is 8.60. The zero-order valence-electron chi connectivity index (χ0n) is 17.5. The fraction of sp³-hybridized carbons (Fsp3) is 0.417. The largest absolute Gasteiger partial charge is 0.490 e. The average molecular weight is 395 g/mol. The number of nitrogens with one attached hydrogen (secondary N) is 2. The van der Waals surface area contributed by atoms with Crippen LogP contribution in [0.3, 0.4) is 0 Å². The fourth-order valence-corrected chi connectivity index (χ4v) is 3.28. The van der Waals surface area contributed by atoms with E-state index < -0.39 is 5.41 Å². The third kappa shape index (κ3) is 5.83. The van der Waals surface area contributed by atoms with Crippen molar-refractivity contribution >= 4 is 17.5 Å². The predicted molar refractivity (Wildman–Crippen MR) is 115 cm³/mol. The molecule has 154 valence electrons.